The van der Waals surface area contributed by atoms with Gasteiger partial charge in [0, 0.05) is 11.4 Å². The molecule has 4 aromatic rings. The van der Waals surface area contributed by atoms with E-state index in [0.717, 1.165) is 18.2 Å². The highest BCUT2D eigenvalue weighted by molar-refractivity contribution is 7.93. The topological polar surface area (TPSA) is 225 Å². The van der Waals surface area contributed by atoms with E-state index >= 15 is 0 Å². The molecule has 0 radical (unpaired) electrons. The average molecular weight is 658 g/mol. The molecule has 0 aliphatic carbocycles. The van der Waals surface area contributed by atoms with E-state index in [0.29, 0.717) is 11.1 Å². The lowest BCUT2D eigenvalue weighted by Crippen LogP contribution is -2.23. The van der Waals surface area contributed by atoms with E-state index in [2.05, 4.69) is 15.4 Å². The number of aryl methyl sites for hydroxylation is 2. The molecule has 0 fully saturated rings. The minimum atomic E-state index is -4.36. The molecular weight excluding hydrogens is 631 g/mol. The van der Waals surface area contributed by atoms with Crippen molar-refractivity contribution in [2.45, 2.75) is 28.5 Å². The summed E-state index contributed by atoms with van der Waals surface area (Å²) in [5.41, 5.74) is 0.304. The first-order valence-corrected chi connectivity index (χ1v) is 17.1. The molecule has 230 valence electrons. The third-order valence-corrected chi connectivity index (χ3v) is 9.55. The molecule has 0 saturated heterocycles. The summed E-state index contributed by atoms with van der Waals surface area (Å²) in [6, 6.07) is 19.1. The van der Waals surface area contributed by atoms with E-state index in [1.807, 2.05) is 0 Å². The Bertz CT molecular complexity index is 2120. The van der Waals surface area contributed by atoms with E-state index in [9.17, 15) is 34.8 Å². The summed E-state index contributed by atoms with van der Waals surface area (Å²) in [6.45, 7) is 3.25. The van der Waals surface area contributed by atoms with Crippen LogP contribution in [0.2, 0.25) is 0 Å². The van der Waals surface area contributed by atoms with Crippen molar-refractivity contribution in [1.82, 2.24) is 0 Å². The van der Waals surface area contributed by atoms with E-state index in [-0.39, 0.29) is 28.2 Å². The molecular formula is C28H27N5O8S3. The highest BCUT2D eigenvalue weighted by atomic mass is 32.2. The Balaban J connectivity index is 1.80. The van der Waals surface area contributed by atoms with Gasteiger partial charge in [0.15, 0.2) is 0 Å². The maximum Gasteiger partial charge on any atom is 0.263 e. The summed E-state index contributed by atoms with van der Waals surface area (Å²) in [5, 5.41) is 15.5. The second kappa shape index (κ2) is 12.2. The largest absolute Gasteiger partial charge is 0.322 e. The number of para-hydroxylation sites is 1. The summed E-state index contributed by atoms with van der Waals surface area (Å²) in [5.74, 6) is -1.89. The van der Waals surface area contributed by atoms with Crippen molar-refractivity contribution in [3.63, 3.8) is 0 Å². The molecule has 13 nitrogen and oxygen atoms in total. The molecule has 0 saturated carbocycles. The molecule has 44 heavy (non-hydrogen) atoms. The van der Waals surface area contributed by atoms with Gasteiger partial charge in [-0.05, 0) is 68.4 Å². The van der Waals surface area contributed by atoms with Gasteiger partial charge in [-0.2, -0.15) is 0 Å². The maximum atomic E-state index is 13.4. The number of hydrogen-bond acceptors (Lipinski definition) is 8. The van der Waals surface area contributed by atoms with Crippen LogP contribution in [0.1, 0.15) is 31.8 Å². The fourth-order valence-electron chi connectivity index (χ4n) is 4.18. The normalized spacial score (nSPS) is 11.9. The van der Waals surface area contributed by atoms with E-state index < -0.39 is 56.6 Å². The van der Waals surface area contributed by atoms with E-state index in [4.69, 9.17) is 10.3 Å². The Kier molecular flexibility index (Phi) is 8.94. The van der Waals surface area contributed by atoms with Crippen molar-refractivity contribution in [1.29, 1.82) is 0 Å². The Labute approximate surface area is 254 Å². The van der Waals surface area contributed by atoms with Gasteiger partial charge in [0.05, 0.1) is 26.6 Å². The smallest absolute Gasteiger partial charge is 0.263 e. The number of amides is 2. The quantitative estimate of drug-likeness (QED) is 0.179. The second-order valence-electron chi connectivity index (χ2n) is 9.68. The number of nitrogens with one attached hydrogen (secondary N) is 3. The minimum absolute atomic E-state index is 0.0400. The average Bonchev–Trinajstić information content (AvgIpc) is 2.92. The standard InChI is InChI=1S/C28H27N5O8S3/c1-17-8-11-24(42(29,36)37)21(14-17)27(34)31-20-10-13-26(44(40,41)33-19-6-4-3-5-7-19)23(16-20)32-28(35)22-15-18(2)9-12-25(22)43(30,38)39/h3-16,33H,1-2H3,(H,31,34)(H,32,35)(H2,29,36,37)(H2,30,38,39). The summed E-state index contributed by atoms with van der Waals surface area (Å²) < 4.78 is 77.8. The van der Waals surface area contributed by atoms with Gasteiger partial charge < -0.3 is 10.6 Å². The van der Waals surface area contributed by atoms with Crippen molar-refractivity contribution in [2.75, 3.05) is 15.4 Å². The van der Waals surface area contributed by atoms with Crippen LogP contribution in [0, 0.1) is 13.8 Å². The van der Waals surface area contributed by atoms with Crippen LogP contribution in [0.4, 0.5) is 17.1 Å². The van der Waals surface area contributed by atoms with Crippen molar-refractivity contribution in [3.05, 3.63) is 107 Å². The molecule has 0 spiro atoms. The molecule has 7 N–H and O–H groups in total. The summed E-state index contributed by atoms with van der Waals surface area (Å²) in [7, 11) is -13.0. The zero-order valence-electron chi connectivity index (χ0n) is 23.2. The third-order valence-electron chi connectivity index (χ3n) is 6.17. The van der Waals surface area contributed by atoms with Gasteiger partial charge in [-0.1, -0.05) is 41.5 Å². The zero-order chi connectivity index (χ0) is 32.4. The van der Waals surface area contributed by atoms with Gasteiger partial charge >= 0.3 is 0 Å². The fourth-order valence-corrected chi connectivity index (χ4v) is 6.82. The molecule has 2 amide bonds. The fraction of sp³-hybridized carbons (Fsp3) is 0.0714. The molecule has 4 aromatic carbocycles. The molecule has 0 heterocycles. The van der Waals surface area contributed by atoms with Crippen LogP contribution in [0.3, 0.4) is 0 Å². The molecule has 0 atom stereocenters. The van der Waals surface area contributed by atoms with Crippen molar-refractivity contribution in [3.8, 4) is 0 Å². The number of rotatable bonds is 9. The van der Waals surface area contributed by atoms with Crippen molar-refractivity contribution >= 4 is 58.9 Å². The third kappa shape index (κ3) is 7.47. The number of sulfonamides is 3. The van der Waals surface area contributed by atoms with Crippen molar-refractivity contribution in [2.24, 2.45) is 10.3 Å². The molecule has 4 rings (SSSR count). The van der Waals surface area contributed by atoms with Gasteiger partial charge in [-0.15, -0.1) is 0 Å². The Morgan fingerprint density at radius 1 is 0.568 bits per heavy atom. The Hall–Kier alpha value is -4.61. The number of primary sulfonamides is 2. The predicted molar refractivity (Wildman–Crippen MR) is 165 cm³/mol. The summed E-state index contributed by atoms with van der Waals surface area (Å²) in [6.07, 6.45) is 0. The monoisotopic (exact) mass is 657 g/mol. The summed E-state index contributed by atoms with van der Waals surface area (Å²) >= 11 is 0. The first kappa shape index (κ1) is 32.3. The lowest BCUT2D eigenvalue weighted by molar-refractivity contribution is 0.101. The lowest BCUT2D eigenvalue weighted by Gasteiger charge is -2.17. The van der Waals surface area contributed by atoms with Gasteiger partial charge in [-0.3, -0.25) is 14.3 Å². The molecule has 16 heteroatoms. The van der Waals surface area contributed by atoms with Crippen LogP contribution in [0.15, 0.2) is 99.6 Å². The first-order chi connectivity index (χ1) is 20.5. The van der Waals surface area contributed by atoms with Crippen molar-refractivity contribution < 1.29 is 34.8 Å². The predicted octanol–water partition coefficient (Wildman–Crippen LogP) is 2.90. The molecule has 0 unspecified atom stereocenters. The van der Waals surface area contributed by atoms with Crippen LogP contribution in [0.5, 0.6) is 0 Å². The van der Waals surface area contributed by atoms with Crippen LogP contribution in [-0.2, 0) is 30.1 Å². The number of hydrogen-bond donors (Lipinski definition) is 5. The van der Waals surface area contributed by atoms with Gasteiger partial charge in [-0.25, -0.2) is 35.5 Å². The molecule has 0 aromatic heterocycles. The molecule has 0 aliphatic heterocycles. The minimum Gasteiger partial charge on any atom is -0.322 e. The van der Waals surface area contributed by atoms with Crippen LogP contribution >= 0.6 is 0 Å². The number of carbonyl (C=O) groups excluding carboxylic acids is 2. The van der Waals surface area contributed by atoms with E-state index in [1.54, 1.807) is 32.0 Å². The lowest BCUT2D eigenvalue weighted by atomic mass is 10.1. The van der Waals surface area contributed by atoms with Gasteiger partial charge in [0.25, 0.3) is 21.8 Å². The number of nitrogens with two attached hydrogens (primary N) is 2. The number of carbonyl (C=O) groups is 2. The highest BCUT2D eigenvalue weighted by Gasteiger charge is 2.25. The molecule has 0 bridgehead atoms. The Morgan fingerprint density at radius 3 is 1.55 bits per heavy atom. The number of benzene rings is 4. The summed E-state index contributed by atoms with van der Waals surface area (Å²) in [4.78, 5) is 25.2. The molecule has 0 aliphatic rings. The first-order valence-electron chi connectivity index (χ1n) is 12.6. The van der Waals surface area contributed by atoms with Gasteiger partial charge in [0.1, 0.15) is 4.90 Å². The highest BCUT2D eigenvalue weighted by Crippen LogP contribution is 2.29. The van der Waals surface area contributed by atoms with E-state index in [1.165, 1.54) is 48.5 Å². The van der Waals surface area contributed by atoms with Crippen LogP contribution in [-0.4, -0.2) is 37.1 Å². The SMILES string of the molecule is Cc1ccc(S(N)(=O)=O)c(C(=O)Nc2ccc(S(=O)(=O)Nc3ccccc3)c(NC(=O)c3cc(C)ccc3S(N)(=O)=O)c2)c1. The van der Waals surface area contributed by atoms with Crippen LogP contribution < -0.4 is 25.6 Å². The zero-order valence-corrected chi connectivity index (χ0v) is 25.7. The van der Waals surface area contributed by atoms with Gasteiger partial charge in [0.2, 0.25) is 20.0 Å². The van der Waals surface area contributed by atoms with Crippen LogP contribution in [0.25, 0.3) is 0 Å². The second-order valence-corrected chi connectivity index (χ2v) is 14.4. The number of anilines is 3. The Morgan fingerprint density at radius 2 is 1.05 bits per heavy atom. The maximum absolute atomic E-state index is 13.4.